The van der Waals surface area contributed by atoms with Gasteiger partial charge in [0.25, 0.3) is 0 Å². The van der Waals surface area contributed by atoms with Crippen molar-refractivity contribution in [3.8, 4) is 0 Å². The van der Waals surface area contributed by atoms with E-state index in [1.54, 1.807) is 0 Å². The normalized spacial score (nSPS) is 22.0. The van der Waals surface area contributed by atoms with Crippen LogP contribution in [0.1, 0.15) is 45.4 Å². The van der Waals surface area contributed by atoms with Gasteiger partial charge >= 0.3 is 12.0 Å². The number of aliphatic carboxylic acids is 1. The van der Waals surface area contributed by atoms with Crippen molar-refractivity contribution in [3.05, 3.63) is 0 Å². The lowest BCUT2D eigenvalue weighted by Gasteiger charge is -2.26. The SMILES string of the molecule is CC(CNC(=O)NCC1(C(=O)O)CCCC1)N(C)C1CC1. The van der Waals surface area contributed by atoms with Crippen LogP contribution in [0.25, 0.3) is 0 Å². The van der Waals surface area contributed by atoms with Gasteiger partial charge < -0.3 is 15.7 Å². The topological polar surface area (TPSA) is 81.7 Å². The van der Waals surface area contributed by atoms with E-state index in [1.807, 2.05) is 0 Å². The van der Waals surface area contributed by atoms with Crippen LogP contribution in [0.2, 0.25) is 0 Å². The van der Waals surface area contributed by atoms with E-state index in [9.17, 15) is 14.7 Å². The Morgan fingerprint density at radius 3 is 2.43 bits per heavy atom. The summed E-state index contributed by atoms with van der Waals surface area (Å²) < 4.78 is 0. The van der Waals surface area contributed by atoms with E-state index in [0.717, 1.165) is 12.8 Å². The summed E-state index contributed by atoms with van der Waals surface area (Å²) >= 11 is 0. The number of urea groups is 1. The smallest absolute Gasteiger partial charge is 0.314 e. The van der Waals surface area contributed by atoms with Crippen molar-refractivity contribution >= 4 is 12.0 Å². The highest BCUT2D eigenvalue weighted by Crippen LogP contribution is 2.37. The summed E-state index contributed by atoms with van der Waals surface area (Å²) in [6, 6.07) is 0.695. The molecule has 2 saturated carbocycles. The average Bonchev–Trinajstić information content (AvgIpc) is 3.19. The first kappa shape index (κ1) is 16.1. The molecule has 0 heterocycles. The number of likely N-dealkylation sites (N-methyl/N-ethyl adjacent to an activating group) is 1. The van der Waals surface area contributed by atoms with Crippen molar-refractivity contribution in [2.45, 2.75) is 57.5 Å². The number of amides is 2. The third-order valence-electron chi connectivity index (χ3n) is 4.98. The van der Waals surface area contributed by atoms with Crippen LogP contribution in [0, 0.1) is 5.41 Å². The molecule has 2 rings (SSSR count). The van der Waals surface area contributed by atoms with Crippen molar-refractivity contribution in [2.75, 3.05) is 20.1 Å². The molecule has 1 atom stereocenters. The molecule has 0 aromatic rings. The Morgan fingerprint density at radius 1 is 1.29 bits per heavy atom. The van der Waals surface area contributed by atoms with Crippen LogP contribution in [0.3, 0.4) is 0 Å². The van der Waals surface area contributed by atoms with Crippen LogP contribution in [0.5, 0.6) is 0 Å². The second-order valence-electron chi connectivity index (χ2n) is 6.60. The lowest BCUT2D eigenvalue weighted by atomic mass is 9.86. The van der Waals surface area contributed by atoms with E-state index in [-0.39, 0.29) is 12.6 Å². The van der Waals surface area contributed by atoms with Crippen molar-refractivity contribution < 1.29 is 14.7 Å². The minimum Gasteiger partial charge on any atom is -0.481 e. The van der Waals surface area contributed by atoms with Gasteiger partial charge in [-0.25, -0.2) is 4.79 Å². The summed E-state index contributed by atoms with van der Waals surface area (Å²) in [4.78, 5) is 25.5. The maximum Gasteiger partial charge on any atom is 0.314 e. The van der Waals surface area contributed by atoms with Crippen LogP contribution in [-0.4, -0.2) is 54.2 Å². The van der Waals surface area contributed by atoms with Crippen LogP contribution >= 0.6 is 0 Å². The molecule has 0 radical (unpaired) electrons. The Hall–Kier alpha value is -1.30. The van der Waals surface area contributed by atoms with Gasteiger partial charge in [0.2, 0.25) is 0 Å². The first-order valence-corrected chi connectivity index (χ1v) is 7.92. The standard InChI is InChI=1S/C15H27N3O3/c1-11(18(2)12-5-6-12)9-16-14(21)17-10-15(13(19)20)7-3-4-8-15/h11-12H,3-10H2,1-2H3,(H,19,20)(H2,16,17,21). The summed E-state index contributed by atoms with van der Waals surface area (Å²) in [5, 5.41) is 14.9. The summed E-state index contributed by atoms with van der Waals surface area (Å²) in [5.41, 5.74) is -0.756. The largest absolute Gasteiger partial charge is 0.481 e. The second-order valence-corrected chi connectivity index (χ2v) is 6.60. The third kappa shape index (κ3) is 4.09. The van der Waals surface area contributed by atoms with E-state index in [4.69, 9.17) is 0 Å². The van der Waals surface area contributed by atoms with Crippen LogP contribution in [-0.2, 0) is 4.79 Å². The molecule has 21 heavy (non-hydrogen) atoms. The molecule has 2 aliphatic rings. The third-order valence-corrected chi connectivity index (χ3v) is 4.98. The fourth-order valence-corrected chi connectivity index (χ4v) is 3.06. The Labute approximate surface area is 126 Å². The fraction of sp³-hybridized carbons (Fsp3) is 0.867. The lowest BCUT2D eigenvalue weighted by Crippen LogP contribution is -2.48. The number of carbonyl (C=O) groups is 2. The maximum absolute atomic E-state index is 11.8. The zero-order chi connectivity index (χ0) is 15.5. The van der Waals surface area contributed by atoms with E-state index >= 15 is 0 Å². The van der Waals surface area contributed by atoms with Crippen molar-refractivity contribution in [1.82, 2.24) is 15.5 Å². The molecule has 6 heteroatoms. The Kier molecular flexibility index (Phi) is 5.08. The van der Waals surface area contributed by atoms with Gasteiger partial charge in [-0.2, -0.15) is 0 Å². The molecule has 0 aromatic heterocycles. The van der Waals surface area contributed by atoms with Crippen LogP contribution in [0.15, 0.2) is 0 Å². The van der Waals surface area contributed by atoms with Gasteiger partial charge in [-0.1, -0.05) is 12.8 Å². The predicted octanol–water partition coefficient (Wildman–Crippen LogP) is 1.41. The van der Waals surface area contributed by atoms with E-state index in [1.165, 1.54) is 12.8 Å². The van der Waals surface area contributed by atoms with Gasteiger partial charge in [-0.3, -0.25) is 9.69 Å². The van der Waals surface area contributed by atoms with Gasteiger partial charge in [0.05, 0.1) is 5.41 Å². The number of hydrogen-bond donors (Lipinski definition) is 3. The van der Waals surface area contributed by atoms with Crippen molar-refractivity contribution in [2.24, 2.45) is 5.41 Å². The highest BCUT2D eigenvalue weighted by atomic mass is 16.4. The van der Waals surface area contributed by atoms with Gasteiger partial charge in [0.1, 0.15) is 0 Å². The number of hydrogen-bond acceptors (Lipinski definition) is 3. The molecule has 0 aromatic carbocycles. The molecule has 3 N–H and O–H groups in total. The Balaban J connectivity index is 1.70. The number of carboxylic acids is 1. The first-order chi connectivity index (χ1) is 9.94. The first-order valence-electron chi connectivity index (χ1n) is 7.92. The molecule has 0 spiro atoms. The van der Waals surface area contributed by atoms with Gasteiger partial charge in [-0.15, -0.1) is 0 Å². The minimum atomic E-state index is -0.790. The molecule has 2 fully saturated rings. The van der Waals surface area contributed by atoms with E-state index in [2.05, 4.69) is 29.5 Å². The molecule has 2 aliphatic carbocycles. The molecule has 6 nitrogen and oxygen atoms in total. The zero-order valence-electron chi connectivity index (χ0n) is 13.0. The van der Waals surface area contributed by atoms with Crippen molar-refractivity contribution in [3.63, 3.8) is 0 Å². The molecule has 120 valence electrons. The predicted molar refractivity (Wildman–Crippen MR) is 80.2 cm³/mol. The molecule has 0 saturated heterocycles. The number of rotatable bonds is 7. The highest BCUT2D eigenvalue weighted by molar-refractivity contribution is 5.78. The number of nitrogens with zero attached hydrogens (tertiary/aromatic N) is 1. The average molecular weight is 297 g/mol. The maximum atomic E-state index is 11.8. The summed E-state index contributed by atoms with van der Waals surface area (Å²) in [6.07, 6.45) is 5.66. The molecular formula is C15H27N3O3. The van der Waals surface area contributed by atoms with Gasteiger partial charge in [-0.05, 0) is 39.7 Å². The second kappa shape index (κ2) is 6.64. The number of nitrogens with one attached hydrogen (secondary N) is 2. The highest BCUT2D eigenvalue weighted by Gasteiger charge is 2.41. The Bertz CT molecular complexity index is 390. The van der Waals surface area contributed by atoms with E-state index < -0.39 is 11.4 Å². The minimum absolute atomic E-state index is 0.223. The monoisotopic (exact) mass is 297 g/mol. The van der Waals surface area contributed by atoms with Gasteiger partial charge in [0, 0.05) is 25.2 Å². The molecule has 0 bridgehead atoms. The van der Waals surface area contributed by atoms with Crippen LogP contribution < -0.4 is 10.6 Å². The molecule has 2 amide bonds. The molecular weight excluding hydrogens is 270 g/mol. The zero-order valence-corrected chi connectivity index (χ0v) is 13.0. The quantitative estimate of drug-likeness (QED) is 0.663. The molecule has 0 aliphatic heterocycles. The lowest BCUT2D eigenvalue weighted by molar-refractivity contribution is -0.148. The number of carboxylic acid groups (broad SMARTS) is 1. The fourth-order valence-electron chi connectivity index (χ4n) is 3.06. The Morgan fingerprint density at radius 2 is 1.90 bits per heavy atom. The summed E-state index contributed by atoms with van der Waals surface area (Å²) in [7, 11) is 2.08. The summed E-state index contributed by atoms with van der Waals surface area (Å²) in [6.45, 7) is 2.90. The number of carbonyl (C=O) groups excluding carboxylic acids is 1. The van der Waals surface area contributed by atoms with Crippen molar-refractivity contribution in [1.29, 1.82) is 0 Å². The van der Waals surface area contributed by atoms with Crippen LogP contribution in [0.4, 0.5) is 4.79 Å². The van der Waals surface area contributed by atoms with E-state index in [0.29, 0.717) is 31.5 Å². The summed E-state index contributed by atoms with van der Waals surface area (Å²) in [5.74, 6) is -0.790. The molecule has 1 unspecified atom stereocenters. The van der Waals surface area contributed by atoms with Gasteiger partial charge in [0.15, 0.2) is 0 Å².